The predicted molar refractivity (Wildman–Crippen MR) is 90.5 cm³/mol. The van der Waals surface area contributed by atoms with Gasteiger partial charge in [0.25, 0.3) is 5.91 Å². The summed E-state index contributed by atoms with van der Waals surface area (Å²) in [7, 11) is 0. The van der Waals surface area contributed by atoms with Gasteiger partial charge in [-0.1, -0.05) is 19.1 Å². The highest BCUT2D eigenvalue weighted by Gasteiger charge is 2.10. The highest BCUT2D eigenvalue weighted by molar-refractivity contribution is 5.91. The number of nitrogens with one attached hydrogen (secondary N) is 3. The summed E-state index contributed by atoms with van der Waals surface area (Å²) in [4.78, 5) is 34.7. The molecule has 0 fully saturated rings. The topological polar surface area (TPSA) is 96.5 Å². The standard InChI is InChI=1S/C17H25N3O4/c1-4-9-18-15(21)11-24-16(22)14-7-5-13(6-8-14)10-19-17(23)20-12(2)3/h5-8,12H,4,9-11H2,1-3H3,(H,18,21)(H2,19,20,23). The maximum Gasteiger partial charge on any atom is 0.338 e. The lowest BCUT2D eigenvalue weighted by atomic mass is 10.1. The minimum absolute atomic E-state index is 0.0664. The van der Waals surface area contributed by atoms with Gasteiger partial charge in [0.05, 0.1) is 5.56 Å². The summed E-state index contributed by atoms with van der Waals surface area (Å²) >= 11 is 0. The van der Waals surface area contributed by atoms with Gasteiger partial charge in [0.2, 0.25) is 0 Å². The van der Waals surface area contributed by atoms with E-state index in [0.29, 0.717) is 18.7 Å². The van der Waals surface area contributed by atoms with Gasteiger partial charge in [-0.3, -0.25) is 4.79 Å². The molecule has 7 nitrogen and oxygen atoms in total. The number of amides is 3. The van der Waals surface area contributed by atoms with Gasteiger partial charge in [-0.2, -0.15) is 0 Å². The molecule has 0 aromatic heterocycles. The van der Waals surface area contributed by atoms with Gasteiger partial charge in [0.1, 0.15) is 0 Å². The number of urea groups is 1. The van der Waals surface area contributed by atoms with Gasteiger partial charge < -0.3 is 20.7 Å². The van der Waals surface area contributed by atoms with Crippen molar-refractivity contribution in [2.75, 3.05) is 13.2 Å². The number of benzene rings is 1. The van der Waals surface area contributed by atoms with Crippen LogP contribution in [0.25, 0.3) is 0 Å². The summed E-state index contributed by atoms with van der Waals surface area (Å²) < 4.78 is 4.94. The fourth-order valence-corrected chi connectivity index (χ4v) is 1.78. The fourth-order valence-electron chi connectivity index (χ4n) is 1.78. The molecule has 24 heavy (non-hydrogen) atoms. The van der Waals surface area contributed by atoms with E-state index in [1.807, 2.05) is 20.8 Å². The third kappa shape index (κ3) is 7.62. The third-order valence-corrected chi connectivity index (χ3v) is 2.97. The summed E-state index contributed by atoms with van der Waals surface area (Å²) in [6, 6.07) is 6.48. The molecule has 0 heterocycles. The molecular weight excluding hydrogens is 310 g/mol. The van der Waals surface area contributed by atoms with Crippen LogP contribution in [0.15, 0.2) is 24.3 Å². The Labute approximate surface area is 142 Å². The van der Waals surface area contributed by atoms with Crippen molar-refractivity contribution in [3.8, 4) is 0 Å². The zero-order chi connectivity index (χ0) is 17.9. The van der Waals surface area contributed by atoms with Crippen LogP contribution < -0.4 is 16.0 Å². The Kier molecular flexibility index (Phi) is 8.32. The Morgan fingerprint density at radius 1 is 1.08 bits per heavy atom. The number of carbonyl (C=O) groups is 3. The van der Waals surface area contributed by atoms with Crippen LogP contribution in [-0.4, -0.2) is 37.1 Å². The van der Waals surface area contributed by atoms with Gasteiger partial charge in [-0.15, -0.1) is 0 Å². The first-order valence-corrected chi connectivity index (χ1v) is 7.99. The average molecular weight is 335 g/mol. The van der Waals surface area contributed by atoms with Gasteiger partial charge >= 0.3 is 12.0 Å². The molecule has 3 N–H and O–H groups in total. The van der Waals surface area contributed by atoms with Crippen LogP contribution >= 0.6 is 0 Å². The van der Waals surface area contributed by atoms with E-state index in [0.717, 1.165) is 12.0 Å². The maximum absolute atomic E-state index is 11.8. The molecule has 132 valence electrons. The van der Waals surface area contributed by atoms with Crippen molar-refractivity contribution >= 4 is 17.9 Å². The predicted octanol–water partition coefficient (Wildman–Crippen LogP) is 1.58. The molecule has 0 radical (unpaired) electrons. The Morgan fingerprint density at radius 2 is 1.75 bits per heavy atom. The number of rotatable bonds is 8. The first-order chi connectivity index (χ1) is 11.4. The minimum Gasteiger partial charge on any atom is -0.452 e. The minimum atomic E-state index is -0.557. The lowest BCUT2D eigenvalue weighted by Gasteiger charge is -2.10. The number of ether oxygens (including phenoxy) is 1. The molecule has 0 unspecified atom stereocenters. The molecule has 1 aromatic rings. The summed E-state index contributed by atoms with van der Waals surface area (Å²) in [6.45, 7) is 6.31. The number of esters is 1. The number of hydrogen-bond acceptors (Lipinski definition) is 4. The molecular formula is C17H25N3O4. The normalized spacial score (nSPS) is 10.2. The van der Waals surface area contributed by atoms with Crippen molar-refractivity contribution in [1.82, 2.24) is 16.0 Å². The molecule has 0 aliphatic rings. The van der Waals surface area contributed by atoms with Crippen LogP contribution in [0.1, 0.15) is 43.1 Å². The lowest BCUT2D eigenvalue weighted by Crippen LogP contribution is -2.39. The van der Waals surface area contributed by atoms with E-state index in [1.54, 1.807) is 24.3 Å². The van der Waals surface area contributed by atoms with E-state index in [1.165, 1.54) is 0 Å². The summed E-state index contributed by atoms with van der Waals surface area (Å²) in [6.07, 6.45) is 0.824. The Morgan fingerprint density at radius 3 is 2.33 bits per heavy atom. The largest absolute Gasteiger partial charge is 0.452 e. The van der Waals surface area contributed by atoms with Crippen molar-refractivity contribution in [2.24, 2.45) is 0 Å². The van der Waals surface area contributed by atoms with Crippen LogP contribution in [0, 0.1) is 0 Å². The fraction of sp³-hybridized carbons (Fsp3) is 0.471. The van der Waals surface area contributed by atoms with E-state index >= 15 is 0 Å². The van der Waals surface area contributed by atoms with Crippen molar-refractivity contribution in [2.45, 2.75) is 39.8 Å². The number of hydrogen-bond donors (Lipinski definition) is 3. The van der Waals surface area contributed by atoms with Crippen molar-refractivity contribution < 1.29 is 19.1 Å². The van der Waals surface area contributed by atoms with E-state index < -0.39 is 5.97 Å². The Bertz CT molecular complexity index is 555. The summed E-state index contributed by atoms with van der Waals surface area (Å²) in [5.41, 5.74) is 1.21. The van der Waals surface area contributed by atoms with E-state index in [9.17, 15) is 14.4 Å². The first-order valence-electron chi connectivity index (χ1n) is 7.99. The second-order valence-corrected chi connectivity index (χ2v) is 5.60. The zero-order valence-corrected chi connectivity index (χ0v) is 14.3. The molecule has 3 amide bonds. The molecule has 1 aromatic carbocycles. The highest BCUT2D eigenvalue weighted by atomic mass is 16.5. The van der Waals surface area contributed by atoms with Crippen molar-refractivity contribution in [3.05, 3.63) is 35.4 Å². The smallest absolute Gasteiger partial charge is 0.338 e. The van der Waals surface area contributed by atoms with E-state index in [2.05, 4.69) is 16.0 Å². The Balaban J connectivity index is 2.41. The molecule has 1 rings (SSSR count). The molecule has 0 saturated heterocycles. The molecule has 0 spiro atoms. The third-order valence-electron chi connectivity index (χ3n) is 2.97. The van der Waals surface area contributed by atoms with Gasteiger partial charge in [-0.05, 0) is 38.0 Å². The quantitative estimate of drug-likeness (QED) is 0.628. The molecule has 0 bridgehead atoms. The van der Waals surface area contributed by atoms with Gasteiger partial charge in [-0.25, -0.2) is 9.59 Å². The average Bonchev–Trinajstić information content (AvgIpc) is 2.55. The van der Waals surface area contributed by atoms with Crippen LogP contribution in [0.2, 0.25) is 0 Å². The van der Waals surface area contributed by atoms with Crippen LogP contribution in [0.3, 0.4) is 0 Å². The Hall–Kier alpha value is -2.57. The molecule has 0 aliphatic carbocycles. The zero-order valence-electron chi connectivity index (χ0n) is 14.3. The van der Waals surface area contributed by atoms with Gasteiger partial charge in [0.15, 0.2) is 6.61 Å². The van der Waals surface area contributed by atoms with Crippen molar-refractivity contribution in [3.63, 3.8) is 0 Å². The SMILES string of the molecule is CCCNC(=O)COC(=O)c1ccc(CNC(=O)NC(C)C)cc1. The van der Waals surface area contributed by atoms with E-state index in [-0.39, 0.29) is 24.6 Å². The second-order valence-electron chi connectivity index (χ2n) is 5.60. The second kappa shape index (κ2) is 10.3. The van der Waals surface area contributed by atoms with E-state index in [4.69, 9.17) is 4.74 Å². The summed E-state index contributed by atoms with van der Waals surface area (Å²) in [5, 5.41) is 8.07. The monoisotopic (exact) mass is 335 g/mol. The first kappa shape index (κ1) is 19.5. The maximum atomic E-state index is 11.8. The summed E-state index contributed by atoms with van der Waals surface area (Å²) in [5.74, 6) is -0.874. The highest BCUT2D eigenvalue weighted by Crippen LogP contribution is 2.06. The van der Waals surface area contributed by atoms with Crippen LogP contribution in [-0.2, 0) is 16.1 Å². The van der Waals surface area contributed by atoms with Crippen molar-refractivity contribution in [1.29, 1.82) is 0 Å². The molecule has 0 saturated carbocycles. The number of carbonyl (C=O) groups excluding carboxylic acids is 3. The molecule has 0 aliphatic heterocycles. The van der Waals surface area contributed by atoms with Gasteiger partial charge in [0, 0.05) is 19.1 Å². The van der Waals surface area contributed by atoms with Crippen LogP contribution in [0.4, 0.5) is 4.79 Å². The lowest BCUT2D eigenvalue weighted by molar-refractivity contribution is -0.124. The molecule has 7 heteroatoms. The molecule has 0 atom stereocenters. The van der Waals surface area contributed by atoms with Crippen LogP contribution in [0.5, 0.6) is 0 Å².